The van der Waals surface area contributed by atoms with Gasteiger partial charge in [-0.15, -0.1) is 0 Å². The molecule has 0 saturated carbocycles. The van der Waals surface area contributed by atoms with E-state index in [0.717, 1.165) is 19.5 Å². The zero-order valence-corrected chi connectivity index (χ0v) is 15.2. The molecule has 1 heterocycles. The molecule has 1 atom stereocenters. The van der Waals surface area contributed by atoms with Crippen molar-refractivity contribution in [2.24, 2.45) is 5.92 Å². The third-order valence-electron chi connectivity index (χ3n) is 3.94. The van der Waals surface area contributed by atoms with Crippen LogP contribution >= 0.6 is 11.6 Å². The summed E-state index contributed by atoms with van der Waals surface area (Å²) < 4.78 is 33.1. The van der Waals surface area contributed by atoms with Crippen LogP contribution in [0.25, 0.3) is 0 Å². The standard InChI is InChI=1S/C16H25ClN2O3S/c1-13(2)11-14(19-7-9-22-10-8-19)12-18-23(20,21)16-6-4-3-5-15(16)17/h3-6,13-14,18H,7-12H2,1-2H3/t14-/m1/s1. The van der Waals surface area contributed by atoms with E-state index in [4.69, 9.17) is 16.3 Å². The molecular weight excluding hydrogens is 336 g/mol. The second-order valence-corrected chi connectivity index (χ2v) is 8.36. The number of hydrogen-bond acceptors (Lipinski definition) is 4. The predicted molar refractivity (Wildman–Crippen MR) is 92.3 cm³/mol. The number of rotatable bonds is 7. The van der Waals surface area contributed by atoms with E-state index in [1.807, 2.05) is 0 Å². The van der Waals surface area contributed by atoms with Crippen LogP contribution in [0.15, 0.2) is 29.2 Å². The smallest absolute Gasteiger partial charge is 0.242 e. The molecule has 0 aromatic heterocycles. The van der Waals surface area contributed by atoms with Gasteiger partial charge in [-0.05, 0) is 24.5 Å². The summed E-state index contributed by atoms with van der Waals surface area (Å²) in [6.45, 7) is 7.76. The number of benzene rings is 1. The zero-order chi connectivity index (χ0) is 16.9. The molecule has 1 aliphatic heterocycles. The van der Waals surface area contributed by atoms with Crippen LogP contribution in [-0.4, -0.2) is 52.2 Å². The average molecular weight is 361 g/mol. The van der Waals surface area contributed by atoms with Gasteiger partial charge in [-0.25, -0.2) is 13.1 Å². The molecule has 2 rings (SSSR count). The molecule has 0 bridgehead atoms. The Labute approximate surface area is 144 Å². The number of nitrogens with zero attached hydrogens (tertiary/aromatic N) is 1. The van der Waals surface area contributed by atoms with Gasteiger partial charge in [-0.1, -0.05) is 37.6 Å². The van der Waals surface area contributed by atoms with Crippen molar-refractivity contribution in [3.05, 3.63) is 29.3 Å². The number of hydrogen-bond donors (Lipinski definition) is 1. The Morgan fingerprint density at radius 1 is 1.26 bits per heavy atom. The molecule has 0 radical (unpaired) electrons. The molecule has 130 valence electrons. The van der Waals surface area contributed by atoms with E-state index in [1.54, 1.807) is 18.2 Å². The van der Waals surface area contributed by atoms with Gasteiger partial charge in [0.05, 0.1) is 18.2 Å². The number of halogens is 1. The Bertz CT molecular complexity index is 601. The normalized spacial score (nSPS) is 18.3. The van der Waals surface area contributed by atoms with E-state index >= 15 is 0 Å². The van der Waals surface area contributed by atoms with Crippen LogP contribution in [0.4, 0.5) is 0 Å². The summed E-state index contributed by atoms with van der Waals surface area (Å²) in [6, 6.07) is 6.67. The molecule has 23 heavy (non-hydrogen) atoms. The van der Waals surface area contributed by atoms with Crippen LogP contribution in [0, 0.1) is 5.92 Å². The number of morpholine rings is 1. The van der Waals surface area contributed by atoms with Gasteiger partial charge in [-0.2, -0.15) is 0 Å². The third kappa shape index (κ3) is 5.43. The Kier molecular flexibility index (Phi) is 6.85. The Morgan fingerprint density at radius 3 is 2.52 bits per heavy atom. The maximum Gasteiger partial charge on any atom is 0.242 e. The van der Waals surface area contributed by atoms with Gasteiger partial charge < -0.3 is 4.74 Å². The van der Waals surface area contributed by atoms with Gasteiger partial charge >= 0.3 is 0 Å². The highest BCUT2D eigenvalue weighted by molar-refractivity contribution is 7.89. The van der Waals surface area contributed by atoms with Crippen LogP contribution in [0.5, 0.6) is 0 Å². The van der Waals surface area contributed by atoms with Crippen LogP contribution in [0.3, 0.4) is 0 Å². The molecule has 1 aromatic carbocycles. The van der Waals surface area contributed by atoms with Gasteiger partial charge in [0, 0.05) is 25.7 Å². The quantitative estimate of drug-likeness (QED) is 0.811. The molecular formula is C16H25ClN2O3S. The van der Waals surface area contributed by atoms with Gasteiger partial charge in [0.1, 0.15) is 4.90 Å². The summed E-state index contributed by atoms with van der Waals surface area (Å²) in [5.74, 6) is 0.493. The number of sulfonamides is 1. The van der Waals surface area contributed by atoms with E-state index in [-0.39, 0.29) is 16.0 Å². The first kappa shape index (κ1) is 18.7. The van der Waals surface area contributed by atoms with Crippen molar-refractivity contribution < 1.29 is 13.2 Å². The summed E-state index contributed by atoms with van der Waals surface area (Å²) in [7, 11) is -3.60. The summed E-state index contributed by atoms with van der Waals surface area (Å²) in [4.78, 5) is 2.44. The van der Waals surface area contributed by atoms with Crippen LogP contribution in [0.2, 0.25) is 5.02 Å². The molecule has 5 nitrogen and oxygen atoms in total. The highest BCUT2D eigenvalue weighted by Crippen LogP contribution is 2.21. The topological polar surface area (TPSA) is 58.6 Å². The molecule has 0 amide bonds. The van der Waals surface area contributed by atoms with Crippen LogP contribution in [-0.2, 0) is 14.8 Å². The minimum absolute atomic E-state index is 0.131. The van der Waals surface area contributed by atoms with Crippen LogP contribution < -0.4 is 4.72 Å². The summed E-state index contributed by atoms with van der Waals surface area (Å²) in [6.07, 6.45) is 0.936. The number of ether oxygens (including phenoxy) is 1. The summed E-state index contributed by atoms with van der Waals surface area (Å²) >= 11 is 6.01. The SMILES string of the molecule is CC(C)C[C@H](CNS(=O)(=O)c1ccccc1Cl)N1CCOCC1. The lowest BCUT2D eigenvalue weighted by Crippen LogP contribution is -2.49. The predicted octanol–water partition coefficient (Wildman–Crippen LogP) is 2.37. The lowest BCUT2D eigenvalue weighted by molar-refractivity contribution is 0.0134. The third-order valence-corrected chi connectivity index (χ3v) is 5.86. The van der Waals surface area contributed by atoms with Gasteiger partial charge in [0.2, 0.25) is 10.0 Å². The maximum absolute atomic E-state index is 12.5. The second-order valence-electron chi connectivity index (χ2n) is 6.21. The fraction of sp³-hybridized carbons (Fsp3) is 0.625. The Balaban J connectivity index is 2.06. The molecule has 1 aromatic rings. The molecule has 1 saturated heterocycles. The van der Waals surface area contributed by atoms with Crippen molar-refractivity contribution in [2.75, 3.05) is 32.8 Å². The van der Waals surface area contributed by atoms with Gasteiger partial charge in [0.25, 0.3) is 0 Å². The summed E-state index contributed by atoms with van der Waals surface area (Å²) in [5, 5.41) is 0.242. The van der Waals surface area contributed by atoms with Crippen LogP contribution in [0.1, 0.15) is 20.3 Å². The Hall–Kier alpha value is -0.660. The van der Waals surface area contributed by atoms with E-state index in [2.05, 4.69) is 23.5 Å². The molecule has 7 heteroatoms. The fourth-order valence-electron chi connectivity index (χ4n) is 2.79. The molecule has 1 N–H and O–H groups in total. The fourth-order valence-corrected chi connectivity index (χ4v) is 4.38. The maximum atomic E-state index is 12.5. The lowest BCUT2D eigenvalue weighted by atomic mass is 10.0. The van der Waals surface area contributed by atoms with E-state index in [1.165, 1.54) is 6.07 Å². The first-order chi connectivity index (χ1) is 10.9. The highest BCUT2D eigenvalue weighted by atomic mass is 35.5. The molecule has 1 aliphatic rings. The minimum Gasteiger partial charge on any atom is -0.379 e. The van der Waals surface area contributed by atoms with Crippen molar-refractivity contribution in [2.45, 2.75) is 31.2 Å². The van der Waals surface area contributed by atoms with E-state index < -0.39 is 10.0 Å². The molecule has 1 fully saturated rings. The summed E-state index contributed by atoms with van der Waals surface area (Å²) in [5.41, 5.74) is 0. The average Bonchev–Trinajstić information content (AvgIpc) is 2.52. The van der Waals surface area contributed by atoms with Crippen molar-refractivity contribution in [1.82, 2.24) is 9.62 Å². The molecule has 0 unspecified atom stereocenters. The first-order valence-corrected chi connectivity index (χ1v) is 9.82. The highest BCUT2D eigenvalue weighted by Gasteiger charge is 2.25. The zero-order valence-electron chi connectivity index (χ0n) is 13.7. The Morgan fingerprint density at radius 2 is 1.91 bits per heavy atom. The van der Waals surface area contributed by atoms with Crippen molar-refractivity contribution in [3.8, 4) is 0 Å². The first-order valence-electron chi connectivity index (χ1n) is 7.96. The molecule has 0 aliphatic carbocycles. The lowest BCUT2D eigenvalue weighted by Gasteiger charge is -2.35. The van der Waals surface area contributed by atoms with Crippen molar-refractivity contribution in [1.29, 1.82) is 0 Å². The van der Waals surface area contributed by atoms with Gasteiger partial charge in [0.15, 0.2) is 0 Å². The minimum atomic E-state index is -3.60. The second kappa shape index (κ2) is 8.44. The van der Waals surface area contributed by atoms with Crippen molar-refractivity contribution >= 4 is 21.6 Å². The van der Waals surface area contributed by atoms with Gasteiger partial charge in [-0.3, -0.25) is 4.90 Å². The van der Waals surface area contributed by atoms with Crippen molar-refractivity contribution in [3.63, 3.8) is 0 Å². The van der Waals surface area contributed by atoms with E-state index in [9.17, 15) is 8.42 Å². The monoisotopic (exact) mass is 360 g/mol. The largest absolute Gasteiger partial charge is 0.379 e. The number of nitrogens with one attached hydrogen (secondary N) is 1. The van der Waals surface area contributed by atoms with E-state index in [0.29, 0.717) is 25.7 Å². The molecule has 0 spiro atoms.